The lowest BCUT2D eigenvalue weighted by Gasteiger charge is -2.44. The predicted molar refractivity (Wildman–Crippen MR) is 142 cm³/mol. The maximum atomic E-state index is 13.2. The van der Waals surface area contributed by atoms with Crippen molar-refractivity contribution < 1.29 is 52.4 Å². The van der Waals surface area contributed by atoms with Crippen LogP contribution in [0.3, 0.4) is 0 Å². The van der Waals surface area contributed by atoms with Gasteiger partial charge in [0.05, 0.1) is 24.5 Å². The lowest BCUT2D eigenvalue weighted by molar-refractivity contribution is -0.178. The van der Waals surface area contributed by atoms with Gasteiger partial charge in [-0.2, -0.15) is 13.1 Å². The number of carboxylic acid groups (broad SMARTS) is 1. The van der Waals surface area contributed by atoms with E-state index in [0.29, 0.717) is 17.3 Å². The number of pyridine rings is 1. The molecule has 232 valence electrons. The van der Waals surface area contributed by atoms with Crippen LogP contribution >= 0.6 is 11.3 Å². The Morgan fingerprint density at radius 1 is 1.26 bits per heavy atom. The van der Waals surface area contributed by atoms with Crippen molar-refractivity contribution >= 4 is 56.3 Å². The molecule has 0 unspecified atom stereocenters. The average molecular weight is 645 g/mol. The molecule has 2 atom stereocenters. The number of anilines is 1. The Labute approximate surface area is 244 Å². The quantitative estimate of drug-likeness (QED) is 0.0414. The number of hydrogen-bond acceptors (Lipinski definition) is 14. The summed E-state index contributed by atoms with van der Waals surface area (Å²) in [7, 11) is -5.14. The molecule has 1 aliphatic carbocycles. The highest BCUT2D eigenvalue weighted by molar-refractivity contribution is 7.84. The van der Waals surface area contributed by atoms with Crippen molar-refractivity contribution in [2.75, 3.05) is 12.3 Å². The van der Waals surface area contributed by atoms with Gasteiger partial charge in [-0.3, -0.25) is 18.9 Å². The zero-order valence-electron chi connectivity index (χ0n) is 21.7. The van der Waals surface area contributed by atoms with Gasteiger partial charge < -0.3 is 41.9 Å². The number of carbonyl (C=O) groups is 4. The van der Waals surface area contributed by atoms with Crippen molar-refractivity contribution in [3.8, 4) is 5.75 Å². The zero-order chi connectivity index (χ0) is 31.7. The summed E-state index contributed by atoms with van der Waals surface area (Å²) in [6.07, 6.45) is 1.46. The normalized spacial score (nSPS) is 19.5. The van der Waals surface area contributed by atoms with Gasteiger partial charge in [0.15, 0.2) is 16.6 Å². The van der Waals surface area contributed by atoms with Gasteiger partial charge in [-0.25, -0.2) is 18.9 Å². The first kappa shape index (κ1) is 31.0. The molecule has 22 heteroatoms. The van der Waals surface area contributed by atoms with Crippen LogP contribution < -0.4 is 27.1 Å². The SMILES string of the molecule is Nc1nc(/C(=N/OC2(C(=O)O)CCC2)C(=O)N[C@@H]2C(=O)N(S(=O)(=O)O)[C@@H]2CNC(=O)NCc2cc(=O)c(O)cn2O)cs1. The standard InChI is InChI=1S/C21H24N8O12S2/c22-19-25-10(8-42-19)14(27-41-21(18(34)35)2-1-3-21)16(32)26-15-11(29(17(15)33)43(38,39)40)6-24-20(36)23-5-9-4-12(30)13(31)7-28(9)37/h4,7-8,11,15,31,37H,1-3,5-6H2,(H2,22,25)(H,26,32)(H,34,35)(H2,23,24,36)(H,38,39,40)/b27-14-/t11-,15+/m1/s1. The summed E-state index contributed by atoms with van der Waals surface area (Å²) in [5.41, 5.74) is 2.27. The Balaban J connectivity index is 1.47. The Morgan fingerprint density at radius 2 is 1.95 bits per heavy atom. The van der Waals surface area contributed by atoms with E-state index in [1.807, 2.05) is 0 Å². The fourth-order valence-electron chi connectivity index (χ4n) is 4.06. The van der Waals surface area contributed by atoms with E-state index in [1.54, 1.807) is 0 Å². The van der Waals surface area contributed by atoms with Crippen LogP contribution in [-0.2, 0) is 36.1 Å². The van der Waals surface area contributed by atoms with Crippen LogP contribution in [0.25, 0.3) is 0 Å². The number of aromatic hydroxyl groups is 1. The highest BCUT2D eigenvalue weighted by Gasteiger charge is 2.54. The van der Waals surface area contributed by atoms with Crippen LogP contribution in [0.4, 0.5) is 9.93 Å². The van der Waals surface area contributed by atoms with Crippen LogP contribution in [0.2, 0.25) is 0 Å². The molecule has 0 radical (unpaired) electrons. The summed E-state index contributed by atoms with van der Waals surface area (Å²) in [5.74, 6) is -4.46. The molecule has 2 aromatic heterocycles. The predicted octanol–water partition coefficient (Wildman–Crippen LogP) is -2.44. The molecule has 4 amide bonds. The number of nitrogen functional groups attached to an aromatic ring is 1. The molecular weight excluding hydrogens is 620 g/mol. The number of aromatic nitrogens is 2. The molecule has 43 heavy (non-hydrogen) atoms. The first-order valence-corrected chi connectivity index (χ1v) is 14.4. The van der Waals surface area contributed by atoms with Gasteiger partial charge in [0.1, 0.15) is 11.7 Å². The second kappa shape index (κ2) is 11.7. The number of hydrogen-bond donors (Lipinski definition) is 8. The Bertz CT molecular complexity index is 1670. The number of rotatable bonds is 11. The molecule has 1 aliphatic heterocycles. The third-order valence-electron chi connectivity index (χ3n) is 6.54. The van der Waals surface area contributed by atoms with Crippen LogP contribution in [0, 0.1) is 0 Å². The maximum absolute atomic E-state index is 13.2. The van der Waals surface area contributed by atoms with Gasteiger partial charge in [-0.15, -0.1) is 11.3 Å². The highest BCUT2D eigenvalue weighted by atomic mass is 32.2. The first-order valence-electron chi connectivity index (χ1n) is 12.1. The number of carbonyl (C=O) groups excluding carboxylic acids is 3. The Hall–Kier alpha value is -4.96. The molecule has 0 bridgehead atoms. The summed E-state index contributed by atoms with van der Waals surface area (Å²) in [5, 5.41) is 40.2. The number of nitrogens with zero attached hydrogens (tertiary/aromatic N) is 4. The summed E-state index contributed by atoms with van der Waals surface area (Å²) >= 11 is 0.915. The van der Waals surface area contributed by atoms with Crippen molar-refractivity contribution in [1.82, 2.24) is 30.0 Å². The van der Waals surface area contributed by atoms with Gasteiger partial charge in [0, 0.05) is 30.8 Å². The number of aliphatic carboxylic acids is 1. The van der Waals surface area contributed by atoms with Crippen molar-refractivity contribution in [2.24, 2.45) is 5.16 Å². The van der Waals surface area contributed by atoms with Gasteiger partial charge in [0.25, 0.3) is 11.8 Å². The number of nitrogens with two attached hydrogens (primary N) is 1. The third-order valence-corrected chi connectivity index (χ3v) is 8.16. The molecule has 0 spiro atoms. The van der Waals surface area contributed by atoms with E-state index in [9.17, 15) is 52.4 Å². The number of carboxylic acids is 1. The van der Waals surface area contributed by atoms with Crippen molar-refractivity contribution in [1.29, 1.82) is 0 Å². The van der Waals surface area contributed by atoms with E-state index < -0.39 is 81.8 Å². The molecule has 2 fully saturated rings. The minimum atomic E-state index is -5.14. The largest absolute Gasteiger partial charge is 0.503 e. The number of urea groups is 1. The number of oxime groups is 1. The molecule has 4 rings (SSSR count). The minimum Gasteiger partial charge on any atom is -0.503 e. The molecule has 2 aliphatic rings. The number of β-lactam (4-membered cyclic amide) rings is 1. The Kier molecular flexibility index (Phi) is 8.45. The van der Waals surface area contributed by atoms with Crippen LogP contribution in [-0.4, -0.2) is 96.2 Å². The molecule has 20 nitrogen and oxygen atoms in total. The minimum absolute atomic E-state index is 0.0166. The van der Waals surface area contributed by atoms with Gasteiger partial charge in [-0.05, 0) is 6.42 Å². The fourth-order valence-corrected chi connectivity index (χ4v) is 5.49. The fraction of sp³-hybridized carbons (Fsp3) is 0.381. The molecule has 1 saturated carbocycles. The smallest absolute Gasteiger partial charge is 0.362 e. The van der Waals surface area contributed by atoms with Crippen molar-refractivity contribution in [2.45, 2.75) is 43.5 Å². The van der Waals surface area contributed by atoms with E-state index in [0.717, 1.165) is 17.4 Å². The van der Waals surface area contributed by atoms with E-state index in [1.165, 1.54) is 5.38 Å². The molecule has 1 saturated heterocycles. The molecular formula is C21H24N8O12S2. The average Bonchev–Trinajstić information content (AvgIpc) is 3.32. The topological polar surface area (TPSA) is 305 Å². The summed E-state index contributed by atoms with van der Waals surface area (Å²) in [4.78, 5) is 70.4. The summed E-state index contributed by atoms with van der Waals surface area (Å²) in [6.45, 7) is -1.07. The second-order valence-corrected chi connectivity index (χ2v) is 11.5. The van der Waals surface area contributed by atoms with Gasteiger partial charge in [0.2, 0.25) is 11.0 Å². The van der Waals surface area contributed by atoms with Crippen LogP contribution in [0.5, 0.6) is 5.75 Å². The lowest BCUT2D eigenvalue weighted by atomic mass is 9.80. The third kappa shape index (κ3) is 6.44. The number of amides is 4. The number of nitrogens with one attached hydrogen (secondary N) is 3. The summed E-state index contributed by atoms with van der Waals surface area (Å²) < 4.78 is 33.5. The van der Waals surface area contributed by atoms with Crippen LogP contribution in [0.15, 0.2) is 27.6 Å². The molecule has 3 heterocycles. The first-order chi connectivity index (χ1) is 20.1. The number of thiazole rings is 1. The highest BCUT2D eigenvalue weighted by Crippen LogP contribution is 2.36. The van der Waals surface area contributed by atoms with E-state index in [4.69, 9.17) is 10.6 Å². The van der Waals surface area contributed by atoms with Crippen molar-refractivity contribution in [3.63, 3.8) is 0 Å². The van der Waals surface area contributed by atoms with E-state index in [-0.39, 0.29) is 33.7 Å². The van der Waals surface area contributed by atoms with Crippen LogP contribution in [0.1, 0.15) is 30.7 Å². The van der Waals surface area contributed by atoms with Gasteiger partial charge in [-0.1, -0.05) is 5.16 Å². The lowest BCUT2D eigenvalue weighted by Crippen LogP contribution is -2.74. The monoisotopic (exact) mass is 644 g/mol. The molecule has 2 aromatic rings. The Morgan fingerprint density at radius 3 is 2.51 bits per heavy atom. The second-order valence-electron chi connectivity index (χ2n) is 9.31. The molecule has 0 aromatic carbocycles. The maximum Gasteiger partial charge on any atom is 0.362 e. The van der Waals surface area contributed by atoms with Gasteiger partial charge >= 0.3 is 22.3 Å². The van der Waals surface area contributed by atoms with Crippen molar-refractivity contribution in [3.05, 3.63) is 39.3 Å². The van der Waals surface area contributed by atoms with E-state index in [2.05, 4.69) is 26.1 Å². The van der Waals surface area contributed by atoms with E-state index >= 15 is 0 Å². The zero-order valence-corrected chi connectivity index (χ0v) is 23.3. The molecule has 9 N–H and O–H groups in total. The summed E-state index contributed by atoms with van der Waals surface area (Å²) in [6, 6.07) is -3.31.